The van der Waals surface area contributed by atoms with Crippen molar-refractivity contribution in [3.8, 4) is 0 Å². The maximum absolute atomic E-state index is 12.8. The minimum atomic E-state index is -4.60. The maximum Gasteiger partial charge on any atom is 0.306 e. The van der Waals surface area contributed by atoms with Gasteiger partial charge in [0.05, 0.1) is 6.61 Å². The average molecular weight is 851 g/mol. The number of carbonyl (C=O) groups excluding carboxylic acids is 2. The molecule has 1 rings (SSSR count). The number of esters is 2. The van der Waals surface area contributed by atoms with E-state index >= 15 is 0 Å². The molecule has 344 valence electrons. The summed E-state index contributed by atoms with van der Waals surface area (Å²) in [4.78, 5) is 25.4. The van der Waals surface area contributed by atoms with Gasteiger partial charge in [-0.3, -0.25) is 14.1 Å². The molecule has 13 heteroatoms. The van der Waals surface area contributed by atoms with Gasteiger partial charge in [0.25, 0.3) is 10.1 Å². The highest BCUT2D eigenvalue weighted by atomic mass is 32.2. The van der Waals surface area contributed by atoms with E-state index in [1.54, 1.807) is 0 Å². The third kappa shape index (κ3) is 30.6. The zero-order chi connectivity index (χ0) is 42.7. The highest BCUT2D eigenvalue weighted by Gasteiger charge is 2.46. The second kappa shape index (κ2) is 36.3. The molecule has 1 aliphatic heterocycles. The minimum absolute atomic E-state index is 0.172. The fraction of sp³-hybridized carbons (Fsp3) is 0.956. The molecule has 12 nitrogen and oxygen atoms in total. The first-order chi connectivity index (χ1) is 28.0. The fourth-order valence-corrected chi connectivity index (χ4v) is 8.19. The quantitative estimate of drug-likeness (QED) is 0.0260. The normalized spacial score (nSPS) is 20.3. The Hall–Kier alpha value is -1.35. The van der Waals surface area contributed by atoms with Crippen LogP contribution >= 0.6 is 0 Å². The van der Waals surface area contributed by atoms with Crippen LogP contribution in [0.15, 0.2) is 0 Å². The van der Waals surface area contributed by atoms with Gasteiger partial charge in [0.2, 0.25) is 0 Å². The molecule has 0 saturated carbocycles. The van der Waals surface area contributed by atoms with Crippen LogP contribution in [0.25, 0.3) is 0 Å². The molecular weight excluding hydrogens is 765 g/mol. The molecular formula is C45H86O12S. The Bertz CT molecular complexity index is 1090. The summed E-state index contributed by atoms with van der Waals surface area (Å²) >= 11 is 0. The second-order valence-corrected chi connectivity index (χ2v) is 18.3. The van der Waals surface area contributed by atoms with E-state index in [4.69, 9.17) is 18.9 Å². The Morgan fingerprint density at radius 1 is 0.517 bits per heavy atom. The van der Waals surface area contributed by atoms with Crippen LogP contribution in [0.2, 0.25) is 0 Å². The first-order valence-corrected chi connectivity index (χ1v) is 25.2. The van der Waals surface area contributed by atoms with Crippen molar-refractivity contribution >= 4 is 22.1 Å². The van der Waals surface area contributed by atoms with Crippen molar-refractivity contribution in [1.29, 1.82) is 0 Å². The smallest absolute Gasteiger partial charge is 0.306 e. The van der Waals surface area contributed by atoms with Crippen molar-refractivity contribution in [1.82, 2.24) is 0 Å². The molecule has 0 aromatic heterocycles. The summed E-state index contributed by atoms with van der Waals surface area (Å²) in [5, 5.41) is 30.9. The van der Waals surface area contributed by atoms with Crippen molar-refractivity contribution in [3.63, 3.8) is 0 Å². The van der Waals surface area contributed by atoms with Gasteiger partial charge in [0.1, 0.15) is 36.8 Å². The zero-order valence-corrected chi connectivity index (χ0v) is 37.5. The van der Waals surface area contributed by atoms with Gasteiger partial charge in [-0.25, -0.2) is 0 Å². The van der Waals surface area contributed by atoms with E-state index in [9.17, 15) is 37.9 Å². The van der Waals surface area contributed by atoms with Gasteiger partial charge in [-0.2, -0.15) is 8.42 Å². The van der Waals surface area contributed by atoms with Crippen molar-refractivity contribution in [2.24, 2.45) is 0 Å². The lowest BCUT2D eigenvalue weighted by Crippen LogP contribution is -2.60. The molecule has 4 N–H and O–H groups in total. The number of carbonyl (C=O) groups is 2. The molecule has 0 unspecified atom stereocenters. The summed E-state index contributed by atoms with van der Waals surface area (Å²) in [5.74, 6) is -1.96. The molecule has 0 spiro atoms. The SMILES string of the molecule is CCCCCCCCCCCCCCCCCC(=O)OC[C@H](CO[C@H]1O[C@@H](CS(=O)(=O)O)[C@@H](O)[C@@H](O)[C@H]1O)OC(=O)CCCCCCCCCCCCCCCCC. The Balaban J connectivity index is 2.41. The largest absolute Gasteiger partial charge is 0.462 e. The number of hydrogen-bond donors (Lipinski definition) is 4. The Morgan fingerprint density at radius 2 is 0.879 bits per heavy atom. The fourth-order valence-electron chi connectivity index (χ4n) is 7.50. The van der Waals surface area contributed by atoms with Gasteiger partial charge in [0, 0.05) is 12.8 Å². The van der Waals surface area contributed by atoms with Crippen LogP contribution in [0.1, 0.15) is 219 Å². The van der Waals surface area contributed by atoms with Crippen molar-refractivity contribution in [3.05, 3.63) is 0 Å². The van der Waals surface area contributed by atoms with Gasteiger partial charge in [-0.1, -0.05) is 194 Å². The second-order valence-electron chi connectivity index (χ2n) is 16.8. The lowest BCUT2D eigenvalue weighted by molar-refractivity contribution is -0.297. The highest BCUT2D eigenvalue weighted by molar-refractivity contribution is 7.85. The molecule has 0 aromatic carbocycles. The van der Waals surface area contributed by atoms with E-state index in [1.165, 1.54) is 141 Å². The Morgan fingerprint density at radius 3 is 1.26 bits per heavy atom. The molecule has 58 heavy (non-hydrogen) atoms. The summed E-state index contributed by atoms with van der Waals surface area (Å²) in [6, 6.07) is 0. The lowest BCUT2D eigenvalue weighted by atomic mass is 10.00. The summed E-state index contributed by atoms with van der Waals surface area (Å²) in [7, 11) is -4.60. The monoisotopic (exact) mass is 851 g/mol. The van der Waals surface area contributed by atoms with Crippen molar-refractivity contribution in [2.75, 3.05) is 19.0 Å². The number of aliphatic hydroxyl groups excluding tert-OH is 3. The van der Waals surface area contributed by atoms with Crippen LogP contribution in [0.3, 0.4) is 0 Å². The molecule has 1 aliphatic rings. The summed E-state index contributed by atoms with van der Waals surface area (Å²) in [6.07, 6.45) is 27.1. The number of unbranched alkanes of at least 4 members (excludes halogenated alkanes) is 28. The van der Waals surface area contributed by atoms with Crippen LogP contribution in [0, 0.1) is 0 Å². The van der Waals surface area contributed by atoms with Crippen LogP contribution in [0.4, 0.5) is 0 Å². The molecule has 0 aliphatic carbocycles. The van der Waals surface area contributed by atoms with Crippen LogP contribution in [0.5, 0.6) is 0 Å². The third-order valence-electron chi connectivity index (χ3n) is 11.2. The topological polar surface area (TPSA) is 186 Å². The van der Waals surface area contributed by atoms with E-state index < -0.39 is 71.2 Å². The van der Waals surface area contributed by atoms with Gasteiger partial charge in [0.15, 0.2) is 12.4 Å². The van der Waals surface area contributed by atoms with E-state index in [1.807, 2.05) is 0 Å². The lowest BCUT2D eigenvalue weighted by Gasteiger charge is -2.40. The molecule has 0 amide bonds. The van der Waals surface area contributed by atoms with E-state index in [-0.39, 0.29) is 19.4 Å². The van der Waals surface area contributed by atoms with Crippen LogP contribution < -0.4 is 0 Å². The molecule has 6 atom stereocenters. The summed E-state index contributed by atoms with van der Waals surface area (Å²) in [5.41, 5.74) is 0. The molecule has 1 heterocycles. The summed E-state index contributed by atoms with van der Waals surface area (Å²) < 4.78 is 54.1. The Labute approximate surface area is 353 Å². The molecule has 0 bridgehead atoms. The number of hydrogen-bond acceptors (Lipinski definition) is 11. The van der Waals surface area contributed by atoms with Crippen LogP contribution in [-0.2, 0) is 38.7 Å². The first kappa shape index (κ1) is 54.7. The molecule has 0 radical (unpaired) electrons. The molecule has 0 aromatic rings. The maximum atomic E-state index is 12.8. The van der Waals surface area contributed by atoms with Gasteiger partial charge >= 0.3 is 11.9 Å². The van der Waals surface area contributed by atoms with E-state index in [2.05, 4.69) is 13.8 Å². The van der Waals surface area contributed by atoms with Crippen LogP contribution in [-0.4, -0.2) is 96.0 Å². The van der Waals surface area contributed by atoms with Gasteiger partial charge in [-0.05, 0) is 12.8 Å². The van der Waals surface area contributed by atoms with E-state index in [0.717, 1.165) is 38.5 Å². The summed E-state index contributed by atoms with van der Waals surface area (Å²) in [6.45, 7) is 3.79. The van der Waals surface area contributed by atoms with Crippen molar-refractivity contribution in [2.45, 2.75) is 256 Å². The number of aliphatic hydroxyl groups is 3. The Kier molecular flexibility index (Phi) is 34.2. The number of ether oxygens (including phenoxy) is 4. The first-order valence-electron chi connectivity index (χ1n) is 23.6. The molecule has 1 saturated heterocycles. The third-order valence-corrected chi connectivity index (χ3v) is 11.9. The van der Waals surface area contributed by atoms with Crippen molar-refractivity contribution < 1.29 is 56.8 Å². The zero-order valence-electron chi connectivity index (χ0n) is 36.7. The predicted octanol–water partition coefficient (Wildman–Crippen LogP) is 9.68. The van der Waals surface area contributed by atoms with Gasteiger partial charge < -0.3 is 34.3 Å². The predicted molar refractivity (Wildman–Crippen MR) is 229 cm³/mol. The van der Waals surface area contributed by atoms with Gasteiger partial charge in [-0.15, -0.1) is 0 Å². The minimum Gasteiger partial charge on any atom is -0.462 e. The number of rotatable bonds is 40. The highest BCUT2D eigenvalue weighted by Crippen LogP contribution is 2.24. The average Bonchev–Trinajstić information content (AvgIpc) is 3.18. The molecule has 1 fully saturated rings. The van der Waals surface area contributed by atoms with E-state index in [0.29, 0.717) is 12.8 Å². The standard InChI is InChI=1S/C45H86O12S/c1-3-5-7-9-11-13-15-17-19-21-23-25-27-29-31-33-40(46)54-35-38(36-55-45-44(50)43(49)42(48)39(57-45)37-58(51,52)53)56-41(47)34-32-30-28-26-24-22-20-18-16-14-12-10-8-6-4-2/h38-39,42-45,48-50H,3-37H2,1-2H3,(H,51,52,53)/t38-,39+,42-,43-,44-,45+/m1/s1.